The van der Waals surface area contributed by atoms with Crippen LogP contribution in [0.15, 0.2) is 18.2 Å². The Morgan fingerprint density at radius 1 is 1.40 bits per heavy atom. The van der Waals surface area contributed by atoms with E-state index in [1.807, 2.05) is 6.92 Å². The van der Waals surface area contributed by atoms with Gasteiger partial charge in [0, 0.05) is 0 Å². The zero-order valence-electron chi connectivity index (χ0n) is 12.5. The standard InChI is InChI=1S/C15H22FNO3/c1-5-17-15(4,14(18)19-6-2)10-20-12-7-8-13(16)11(3)9-12/h7-9,17H,5-6,10H2,1-4H3. The molecule has 1 N–H and O–H groups in total. The summed E-state index contributed by atoms with van der Waals surface area (Å²) in [5.41, 5.74) is -0.420. The van der Waals surface area contributed by atoms with E-state index in [0.29, 0.717) is 24.5 Å². The Morgan fingerprint density at radius 3 is 2.65 bits per heavy atom. The predicted octanol–water partition coefficient (Wildman–Crippen LogP) is 2.44. The maximum absolute atomic E-state index is 13.2. The average Bonchev–Trinajstić information content (AvgIpc) is 2.41. The summed E-state index contributed by atoms with van der Waals surface area (Å²) in [4.78, 5) is 12.0. The second kappa shape index (κ2) is 7.24. The van der Waals surface area contributed by atoms with E-state index in [9.17, 15) is 9.18 Å². The molecule has 0 saturated carbocycles. The number of hydrogen-bond donors (Lipinski definition) is 1. The summed E-state index contributed by atoms with van der Waals surface area (Å²) in [6, 6.07) is 4.49. The van der Waals surface area contributed by atoms with Crippen LogP contribution in [0, 0.1) is 12.7 Å². The molecule has 4 nitrogen and oxygen atoms in total. The van der Waals surface area contributed by atoms with E-state index in [2.05, 4.69) is 5.32 Å². The van der Waals surface area contributed by atoms with E-state index in [1.54, 1.807) is 32.9 Å². The maximum atomic E-state index is 13.2. The van der Waals surface area contributed by atoms with Gasteiger partial charge in [0.25, 0.3) is 0 Å². The Labute approximate surface area is 119 Å². The maximum Gasteiger partial charge on any atom is 0.329 e. The largest absolute Gasteiger partial charge is 0.491 e. The van der Waals surface area contributed by atoms with Crippen LogP contribution in [0.3, 0.4) is 0 Å². The van der Waals surface area contributed by atoms with Crippen molar-refractivity contribution in [3.8, 4) is 5.75 Å². The molecule has 1 rings (SSSR count). The van der Waals surface area contributed by atoms with Gasteiger partial charge in [0.2, 0.25) is 0 Å². The van der Waals surface area contributed by atoms with Crippen LogP contribution in [0.1, 0.15) is 26.3 Å². The first-order chi connectivity index (χ1) is 9.42. The third kappa shape index (κ3) is 4.20. The first-order valence-corrected chi connectivity index (χ1v) is 6.74. The number of hydrogen-bond acceptors (Lipinski definition) is 4. The molecule has 0 aliphatic rings. The van der Waals surface area contributed by atoms with E-state index < -0.39 is 5.54 Å². The number of aryl methyl sites for hydroxylation is 1. The van der Waals surface area contributed by atoms with Crippen molar-refractivity contribution in [3.63, 3.8) is 0 Å². The normalized spacial score (nSPS) is 13.7. The van der Waals surface area contributed by atoms with Crippen molar-refractivity contribution in [1.82, 2.24) is 5.32 Å². The molecule has 1 aromatic rings. The molecule has 112 valence electrons. The number of carbonyl (C=O) groups excluding carboxylic acids is 1. The molecule has 0 bridgehead atoms. The predicted molar refractivity (Wildman–Crippen MR) is 75.3 cm³/mol. The first kappa shape index (κ1) is 16.4. The van der Waals surface area contributed by atoms with E-state index in [1.165, 1.54) is 6.07 Å². The molecule has 1 aromatic carbocycles. The molecule has 1 unspecified atom stereocenters. The highest BCUT2D eigenvalue weighted by Gasteiger charge is 2.35. The third-order valence-corrected chi connectivity index (χ3v) is 2.95. The molecule has 0 aliphatic carbocycles. The van der Waals surface area contributed by atoms with Crippen LogP contribution in [0.4, 0.5) is 4.39 Å². The minimum absolute atomic E-state index is 0.116. The minimum atomic E-state index is -0.924. The molecule has 20 heavy (non-hydrogen) atoms. The lowest BCUT2D eigenvalue weighted by atomic mass is 10.0. The van der Waals surface area contributed by atoms with Crippen LogP contribution in [0.25, 0.3) is 0 Å². The fourth-order valence-corrected chi connectivity index (χ4v) is 1.80. The quantitative estimate of drug-likeness (QED) is 0.781. The van der Waals surface area contributed by atoms with Crippen LogP contribution in [0.2, 0.25) is 0 Å². The molecule has 0 aliphatic heterocycles. The first-order valence-electron chi connectivity index (χ1n) is 6.74. The van der Waals surface area contributed by atoms with Gasteiger partial charge in [-0.25, -0.2) is 9.18 Å². The topological polar surface area (TPSA) is 47.6 Å². The van der Waals surface area contributed by atoms with Gasteiger partial charge < -0.3 is 9.47 Å². The van der Waals surface area contributed by atoms with Gasteiger partial charge in [-0.2, -0.15) is 0 Å². The number of carbonyl (C=O) groups is 1. The molecule has 1 atom stereocenters. The van der Waals surface area contributed by atoms with Gasteiger partial charge in [-0.3, -0.25) is 5.32 Å². The van der Waals surface area contributed by atoms with Crippen molar-refractivity contribution in [1.29, 1.82) is 0 Å². The summed E-state index contributed by atoms with van der Waals surface area (Å²) in [5, 5.41) is 3.07. The SMILES string of the molecule is CCNC(C)(COc1ccc(F)c(C)c1)C(=O)OCC. The summed E-state index contributed by atoms with van der Waals surface area (Å²) in [7, 11) is 0. The summed E-state index contributed by atoms with van der Waals surface area (Å²) in [6.45, 7) is 8.09. The molecule has 0 radical (unpaired) electrons. The van der Waals surface area contributed by atoms with E-state index >= 15 is 0 Å². The zero-order chi connectivity index (χ0) is 15.2. The van der Waals surface area contributed by atoms with Gasteiger partial charge in [0.15, 0.2) is 0 Å². The van der Waals surface area contributed by atoms with Crippen LogP contribution in [-0.2, 0) is 9.53 Å². The molecule has 0 aromatic heterocycles. The molecular weight excluding hydrogens is 261 g/mol. The smallest absolute Gasteiger partial charge is 0.329 e. The molecule has 0 saturated heterocycles. The van der Waals surface area contributed by atoms with Gasteiger partial charge in [0.05, 0.1) is 6.61 Å². The number of benzene rings is 1. The van der Waals surface area contributed by atoms with Crippen molar-refractivity contribution < 1.29 is 18.7 Å². The molecule has 0 spiro atoms. The number of rotatable bonds is 7. The lowest BCUT2D eigenvalue weighted by molar-refractivity contribution is -0.151. The number of esters is 1. The Hall–Kier alpha value is -1.62. The Bertz CT molecular complexity index is 464. The second-order valence-electron chi connectivity index (χ2n) is 4.78. The lowest BCUT2D eigenvalue weighted by Crippen LogP contribution is -2.54. The summed E-state index contributed by atoms with van der Waals surface area (Å²) >= 11 is 0. The lowest BCUT2D eigenvalue weighted by Gasteiger charge is -2.28. The van der Waals surface area contributed by atoms with Gasteiger partial charge in [-0.05, 0) is 51.1 Å². The van der Waals surface area contributed by atoms with Crippen molar-refractivity contribution in [3.05, 3.63) is 29.6 Å². The minimum Gasteiger partial charge on any atom is -0.491 e. The fourth-order valence-electron chi connectivity index (χ4n) is 1.80. The summed E-state index contributed by atoms with van der Waals surface area (Å²) < 4.78 is 23.8. The van der Waals surface area contributed by atoms with Gasteiger partial charge in [-0.1, -0.05) is 6.92 Å². The highest BCUT2D eigenvalue weighted by Crippen LogP contribution is 2.18. The van der Waals surface area contributed by atoms with Gasteiger partial charge in [-0.15, -0.1) is 0 Å². The number of likely N-dealkylation sites (N-methyl/N-ethyl adjacent to an activating group) is 1. The van der Waals surface area contributed by atoms with Crippen molar-refractivity contribution in [2.45, 2.75) is 33.2 Å². The highest BCUT2D eigenvalue weighted by molar-refractivity contribution is 5.80. The summed E-state index contributed by atoms with van der Waals surface area (Å²) in [6.07, 6.45) is 0. The van der Waals surface area contributed by atoms with Crippen LogP contribution < -0.4 is 10.1 Å². The molecular formula is C15H22FNO3. The Morgan fingerprint density at radius 2 is 2.10 bits per heavy atom. The van der Waals surface area contributed by atoms with E-state index in [4.69, 9.17) is 9.47 Å². The van der Waals surface area contributed by atoms with Crippen molar-refractivity contribution in [2.24, 2.45) is 0 Å². The second-order valence-corrected chi connectivity index (χ2v) is 4.78. The van der Waals surface area contributed by atoms with Crippen LogP contribution in [-0.4, -0.2) is 31.3 Å². The average molecular weight is 283 g/mol. The van der Waals surface area contributed by atoms with Crippen LogP contribution in [0.5, 0.6) is 5.75 Å². The molecule has 0 fully saturated rings. The third-order valence-electron chi connectivity index (χ3n) is 2.95. The van der Waals surface area contributed by atoms with Crippen LogP contribution >= 0.6 is 0 Å². The Balaban J connectivity index is 2.75. The Kier molecular flexibility index (Phi) is 5.95. The van der Waals surface area contributed by atoms with Gasteiger partial charge >= 0.3 is 5.97 Å². The molecule has 0 amide bonds. The molecule has 0 heterocycles. The summed E-state index contributed by atoms with van der Waals surface area (Å²) in [5.74, 6) is -0.116. The van der Waals surface area contributed by atoms with E-state index in [0.717, 1.165) is 0 Å². The van der Waals surface area contributed by atoms with Crippen molar-refractivity contribution in [2.75, 3.05) is 19.8 Å². The molecule has 5 heteroatoms. The number of halogens is 1. The van der Waals surface area contributed by atoms with E-state index in [-0.39, 0.29) is 18.4 Å². The highest BCUT2D eigenvalue weighted by atomic mass is 19.1. The van der Waals surface area contributed by atoms with Gasteiger partial charge in [0.1, 0.15) is 23.7 Å². The van der Waals surface area contributed by atoms with Crippen molar-refractivity contribution >= 4 is 5.97 Å². The fraction of sp³-hybridized carbons (Fsp3) is 0.533. The monoisotopic (exact) mass is 283 g/mol. The zero-order valence-corrected chi connectivity index (χ0v) is 12.5. The number of nitrogens with one attached hydrogen (secondary N) is 1. The number of ether oxygens (including phenoxy) is 2.